The van der Waals surface area contributed by atoms with Crippen LogP contribution in [0, 0.1) is 12.3 Å². The van der Waals surface area contributed by atoms with Gasteiger partial charge in [-0.15, -0.1) is 13.0 Å². The molecule has 0 aliphatic carbocycles. The van der Waals surface area contributed by atoms with Gasteiger partial charge in [-0.3, -0.25) is 9.69 Å². The van der Waals surface area contributed by atoms with Crippen LogP contribution in [-0.4, -0.2) is 50.1 Å². The number of hydrogen-bond acceptors (Lipinski definition) is 4. The second-order valence-electron chi connectivity index (χ2n) is 6.03. The average molecular weight is 370 g/mol. The summed E-state index contributed by atoms with van der Waals surface area (Å²) >= 11 is 0. The predicted molar refractivity (Wildman–Crippen MR) is 111 cm³/mol. The molecule has 146 valence electrons. The number of carbonyl (C=O) groups excluding carboxylic acids is 1. The average Bonchev–Trinajstić information content (AvgIpc) is 2.70. The number of unbranched alkanes of at least 4 members (excludes halogenated alkanes) is 1. The third-order valence-electron chi connectivity index (χ3n) is 4.04. The number of hydrogen-bond donors (Lipinski definition) is 0. The summed E-state index contributed by atoms with van der Waals surface area (Å²) in [6.45, 7) is 9.91. The highest BCUT2D eigenvalue weighted by Crippen LogP contribution is 2.14. The first-order chi connectivity index (χ1) is 13.2. The SMILES string of the molecule is C#CCOCCN(CC)CCOc1ccc(C(=O)C/C=C\CCC=C)cc1. The van der Waals surface area contributed by atoms with Crippen LogP contribution in [-0.2, 0) is 4.74 Å². The number of benzene rings is 1. The molecule has 1 aromatic carbocycles. The van der Waals surface area contributed by atoms with E-state index >= 15 is 0 Å². The Balaban J connectivity index is 2.32. The summed E-state index contributed by atoms with van der Waals surface area (Å²) in [4.78, 5) is 14.4. The van der Waals surface area contributed by atoms with Gasteiger partial charge in [-0.2, -0.15) is 0 Å². The van der Waals surface area contributed by atoms with Crippen molar-refractivity contribution in [1.82, 2.24) is 4.90 Å². The quantitative estimate of drug-likeness (QED) is 0.202. The van der Waals surface area contributed by atoms with Crippen LogP contribution in [0.2, 0.25) is 0 Å². The van der Waals surface area contributed by atoms with Crippen LogP contribution in [0.5, 0.6) is 5.75 Å². The first-order valence-corrected chi connectivity index (χ1v) is 9.46. The van der Waals surface area contributed by atoms with Gasteiger partial charge in [0.1, 0.15) is 19.0 Å². The fourth-order valence-electron chi connectivity index (χ4n) is 2.42. The van der Waals surface area contributed by atoms with Gasteiger partial charge in [0.05, 0.1) is 6.61 Å². The molecule has 0 N–H and O–H groups in total. The topological polar surface area (TPSA) is 38.8 Å². The van der Waals surface area contributed by atoms with E-state index < -0.39 is 0 Å². The van der Waals surface area contributed by atoms with Crippen molar-refractivity contribution < 1.29 is 14.3 Å². The van der Waals surface area contributed by atoms with Crippen molar-refractivity contribution in [3.63, 3.8) is 0 Å². The molecule has 27 heavy (non-hydrogen) atoms. The third kappa shape index (κ3) is 10.4. The van der Waals surface area contributed by atoms with Gasteiger partial charge in [-0.1, -0.05) is 31.1 Å². The number of carbonyl (C=O) groups is 1. The van der Waals surface area contributed by atoms with E-state index in [1.807, 2.05) is 42.5 Å². The van der Waals surface area contributed by atoms with Crippen LogP contribution < -0.4 is 4.74 Å². The standard InChI is InChI=1S/C23H31NO3/c1-4-7-8-9-10-11-23(25)21-12-14-22(15-13-21)27-20-17-24(6-3)16-19-26-18-5-2/h2,4,9-10,12-15H,1,6-8,11,16-20H2,3H3/b10-9-. The number of allylic oxidation sites excluding steroid dienone is 3. The lowest BCUT2D eigenvalue weighted by Crippen LogP contribution is -2.31. The van der Waals surface area contributed by atoms with Crippen LogP contribution in [0.15, 0.2) is 49.1 Å². The zero-order valence-corrected chi connectivity index (χ0v) is 16.4. The Morgan fingerprint density at radius 2 is 1.93 bits per heavy atom. The summed E-state index contributed by atoms with van der Waals surface area (Å²) in [7, 11) is 0. The molecule has 0 atom stereocenters. The van der Waals surface area contributed by atoms with E-state index in [4.69, 9.17) is 15.9 Å². The molecule has 4 heteroatoms. The second-order valence-corrected chi connectivity index (χ2v) is 6.03. The van der Waals surface area contributed by atoms with E-state index in [1.54, 1.807) is 0 Å². The summed E-state index contributed by atoms with van der Waals surface area (Å²) in [5.74, 6) is 3.34. The highest BCUT2D eigenvalue weighted by atomic mass is 16.5. The molecular weight excluding hydrogens is 338 g/mol. The molecule has 0 aliphatic heterocycles. The number of likely N-dealkylation sites (N-methyl/N-ethyl adjacent to an activating group) is 1. The molecule has 0 fully saturated rings. The van der Waals surface area contributed by atoms with Crippen LogP contribution in [0.25, 0.3) is 0 Å². The van der Waals surface area contributed by atoms with E-state index in [9.17, 15) is 4.79 Å². The molecule has 0 heterocycles. The fourth-order valence-corrected chi connectivity index (χ4v) is 2.42. The molecule has 0 saturated carbocycles. The van der Waals surface area contributed by atoms with Gasteiger partial charge in [0, 0.05) is 25.1 Å². The maximum absolute atomic E-state index is 12.1. The fraction of sp³-hybridized carbons (Fsp3) is 0.435. The first-order valence-electron chi connectivity index (χ1n) is 9.46. The summed E-state index contributed by atoms with van der Waals surface area (Å²) in [6, 6.07) is 7.34. The highest BCUT2D eigenvalue weighted by Gasteiger charge is 2.05. The lowest BCUT2D eigenvalue weighted by molar-refractivity contribution is 0.0995. The minimum atomic E-state index is 0.112. The molecular formula is C23H31NO3. The monoisotopic (exact) mass is 369 g/mol. The van der Waals surface area contributed by atoms with Crippen LogP contribution in [0.4, 0.5) is 0 Å². The van der Waals surface area contributed by atoms with Gasteiger partial charge in [0.2, 0.25) is 0 Å². The summed E-state index contributed by atoms with van der Waals surface area (Å²) < 4.78 is 11.1. The Labute approximate surface area is 163 Å². The molecule has 0 aromatic heterocycles. The van der Waals surface area contributed by atoms with Crippen molar-refractivity contribution in [3.8, 4) is 18.1 Å². The lowest BCUT2D eigenvalue weighted by atomic mass is 10.1. The number of rotatable bonds is 15. The Morgan fingerprint density at radius 3 is 2.59 bits per heavy atom. The molecule has 4 nitrogen and oxygen atoms in total. The van der Waals surface area contributed by atoms with Crippen LogP contribution in [0.1, 0.15) is 36.5 Å². The Kier molecular flexibility index (Phi) is 12.4. The Morgan fingerprint density at radius 1 is 1.19 bits per heavy atom. The number of terminal acetylenes is 1. The van der Waals surface area contributed by atoms with E-state index in [1.165, 1.54) is 0 Å². The molecule has 0 spiro atoms. The summed E-state index contributed by atoms with van der Waals surface area (Å²) in [6.07, 6.45) is 13.3. The first kappa shape index (κ1) is 22.7. The maximum atomic E-state index is 12.1. The molecule has 0 saturated heterocycles. The van der Waals surface area contributed by atoms with Crippen molar-refractivity contribution in [3.05, 3.63) is 54.6 Å². The molecule has 0 unspecified atom stereocenters. The second kappa shape index (κ2) is 14.8. The van der Waals surface area contributed by atoms with Gasteiger partial charge in [0.25, 0.3) is 0 Å². The molecule has 0 bridgehead atoms. The van der Waals surface area contributed by atoms with Crippen molar-refractivity contribution in [2.75, 3.05) is 39.5 Å². The van der Waals surface area contributed by atoms with E-state index in [0.717, 1.165) is 38.2 Å². The van der Waals surface area contributed by atoms with Gasteiger partial charge >= 0.3 is 0 Å². The molecule has 0 amide bonds. The number of ketones is 1. The summed E-state index contributed by atoms with van der Waals surface area (Å²) in [5, 5.41) is 0. The number of ether oxygens (including phenoxy) is 2. The maximum Gasteiger partial charge on any atom is 0.166 e. The van der Waals surface area contributed by atoms with Gasteiger partial charge in [-0.25, -0.2) is 0 Å². The number of Topliss-reactive ketones (excluding diaryl/α,β-unsaturated/α-hetero) is 1. The van der Waals surface area contributed by atoms with E-state index in [-0.39, 0.29) is 5.78 Å². The van der Waals surface area contributed by atoms with Crippen LogP contribution >= 0.6 is 0 Å². The van der Waals surface area contributed by atoms with Crippen molar-refractivity contribution in [2.24, 2.45) is 0 Å². The predicted octanol–water partition coefficient (Wildman–Crippen LogP) is 4.13. The lowest BCUT2D eigenvalue weighted by Gasteiger charge is -2.20. The largest absolute Gasteiger partial charge is 0.492 e. The minimum Gasteiger partial charge on any atom is -0.492 e. The number of nitrogens with zero attached hydrogens (tertiary/aromatic N) is 1. The Hall–Kier alpha value is -2.35. The Bertz CT molecular complexity index is 614. The molecule has 0 radical (unpaired) electrons. The van der Waals surface area contributed by atoms with Gasteiger partial charge in [0.15, 0.2) is 5.78 Å². The third-order valence-corrected chi connectivity index (χ3v) is 4.04. The van der Waals surface area contributed by atoms with Crippen molar-refractivity contribution >= 4 is 5.78 Å². The zero-order valence-electron chi connectivity index (χ0n) is 16.4. The molecule has 1 rings (SSSR count). The van der Waals surface area contributed by atoms with E-state index in [0.29, 0.717) is 31.8 Å². The summed E-state index contributed by atoms with van der Waals surface area (Å²) in [5.41, 5.74) is 0.705. The van der Waals surface area contributed by atoms with Crippen molar-refractivity contribution in [1.29, 1.82) is 0 Å². The highest BCUT2D eigenvalue weighted by molar-refractivity contribution is 5.97. The van der Waals surface area contributed by atoms with Crippen molar-refractivity contribution in [2.45, 2.75) is 26.2 Å². The molecule has 0 aliphatic rings. The zero-order chi connectivity index (χ0) is 19.7. The van der Waals surface area contributed by atoms with Gasteiger partial charge in [-0.05, 0) is 43.7 Å². The smallest absolute Gasteiger partial charge is 0.166 e. The van der Waals surface area contributed by atoms with E-state index in [2.05, 4.69) is 24.3 Å². The van der Waals surface area contributed by atoms with Gasteiger partial charge < -0.3 is 9.47 Å². The van der Waals surface area contributed by atoms with Crippen LogP contribution in [0.3, 0.4) is 0 Å². The minimum absolute atomic E-state index is 0.112. The normalized spacial score (nSPS) is 10.9. The molecule has 1 aromatic rings.